The van der Waals surface area contributed by atoms with Crippen LogP contribution in [0, 0.1) is 11.3 Å². The predicted molar refractivity (Wildman–Crippen MR) is 82.1 cm³/mol. The van der Waals surface area contributed by atoms with Crippen LogP contribution in [0.5, 0.6) is 0 Å². The third-order valence-corrected chi connectivity index (χ3v) is 5.34. The van der Waals surface area contributed by atoms with E-state index >= 15 is 0 Å². The molecule has 2 saturated heterocycles. The SMILES string of the molecule is CCSc1cccc(N2C3CCC2CC(O)C3)c1C#N. The maximum atomic E-state index is 9.92. The molecule has 2 unspecified atom stereocenters. The van der Waals surface area contributed by atoms with Gasteiger partial charge in [-0.25, -0.2) is 0 Å². The Hall–Kier alpha value is -1.18. The van der Waals surface area contributed by atoms with Crippen LogP contribution in [0.1, 0.15) is 38.2 Å². The number of nitriles is 1. The van der Waals surface area contributed by atoms with Crippen molar-refractivity contribution in [1.29, 1.82) is 5.26 Å². The molecule has 2 atom stereocenters. The molecule has 106 valence electrons. The minimum Gasteiger partial charge on any atom is -0.393 e. The zero-order valence-electron chi connectivity index (χ0n) is 11.7. The second-order valence-electron chi connectivity index (χ2n) is 5.61. The lowest BCUT2D eigenvalue weighted by Gasteiger charge is -2.39. The van der Waals surface area contributed by atoms with Crippen LogP contribution in [0.25, 0.3) is 0 Å². The molecule has 3 rings (SSSR count). The van der Waals surface area contributed by atoms with E-state index in [0.717, 1.165) is 47.6 Å². The van der Waals surface area contributed by atoms with Gasteiger partial charge in [0.25, 0.3) is 0 Å². The molecule has 0 aromatic heterocycles. The van der Waals surface area contributed by atoms with Gasteiger partial charge in [0.2, 0.25) is 0 Å². The van der Waals surface area contributed by atoms with Gasteiger partial charge in [0.1, 0.15) is 6.07 Å². The van der Waals surface area contributed by atoms with Gasteiger partial charge < -0.3 is 10.0 Å². The van der Waals surface area contributed by atoms with Gasteiger partial charge >= 0.3 is 0 Å². The number of benzene rings is 1. The highest BCUT2D eigenvalue weighted by molar-refractivity contribution is 7.99. The summed E-state index contributed by atoms with van der Waals surface area (Å²) in [5.41, 5.74) is 1.89. The molecular formula is C16H20N2OS. The summed E-state index contributed by atoms with van der Waals surface area (Å²) >= 11 is 1.73. The van der Waals surface area contributed by atoms with Crippen LogP contribution in [-0.4, -0.2) is 29.0 Å². The summed E-state index contributed by atoms with van der Waals surface area (Å²) in [4.78, 5) is 3.49. The molecule has 3 nitrogen and oxygen atoms in total. The lowest BCUT2D eigenvalue weighted by Crippen LogP contribution is -2.45. The predicted octanol–water partition coefficient (Wildman–Crippen LogP) is 3.16. The highest BCUT2D eigenvalue weighted by Crippen LogP contribution is 2.42. The van der Waals surface area contributed by atoms with E-state index in [9.17, 15) is 10.4 Å². The molecule has 2 fully saturated rings. The number of anilines is 1. The number of nitrogens with zero attached hydrogens (tertiary/aromatic N) is 2. The van der Waals surface area contributed by atoms with Crippen molar-refractivity contribution in [2.24, 2.45) is 0 Å². The minimum atomic E-state index is -0.164. The van der Waals surface area contributed by atoms with Gasteiger partial charge in [-0.1, -0.05) is 13.0 Å². The number of aliphatic hydroxyl groups is 1. The zero-order chi connectivity index (χ0) is 14.1. The molecule has 20 heavy (non-hydrogen) atoms. The minimum absolute atomic E-state index is 0.164. The fraction of sp³-hybridized carbons (Fsp3) is 0.562. The summed E-state index contributed by atoms with van der Waals surface area (Å²) < 4.78 is 0. The molecule has 2 bridgehead atoms. The van der Waals surface area contributed by atoms with E-state index in [1.54, 1.807) is 11.8 Å². The normalized spacial score (nSPS) is 28.4. The molecule has 2 aliphatic rings. The highest BCUT2D eigenvalue weighted by atomic mass is 32.2. The highest BCUT2D eigenvalue weighted by Gasteiger charge is 2.41. The summed E-state index contributed by atoms with van der Waals surface area (Å²) in [6, 6.07) is 9.37. The van der Waals surface area contributed by atoms with E-state index in [0.29, 0.717) is 12.1 Å². The van der Waals surface area contributed by atoms with E-state index in [4.69, 9.17) is 0 Å². The number of rotatable bonds is 3. The second-order valence-corrected chi connectivity index (χ2v) is 6.92. The third kappa shape index (κ3) is 2.30. The van der Waals surface area contributed by atoms with E-state index in [-0.39, 0.29) is 6.10 Å². The van der Waals surface area contributed by atoms with Crippen LogP contribution < -0.4 is 4.90 Å². The Labute approximate surface area is 124 Å². The Balaban J connectivity index is 1.99. The van der Waals surface area contributed by atoms with Gasteiger partial charge in [-0.3, -0.25) is 0 Å². The molecule has 0 spiro atoms. The van der Waals surface area contributed by atoms with Crippen molar-refractivity contribution in [2.45, 2.75) is 55.7 Å². The molecule has 2 heterocycles. The largest absolute Gasteiger partial charge is 0.393 e. The quantitative estimate of drug-likeness (QED) is 0.868. The lowest BCUT2D eigenvalue weighted by atomic mass is 9.98. The Morgan fingerprint density at radius 1 is 1.35 bits per heavy atom. The molecule has 1 aromatic carbocycles. The van der Waals surface area contributed by atoms with Crippen molar-refractivity contribution in [1.82, 2.24) is 0 Å². The molecular weight excluding hydrogens is 268 g/mol. The Kier molecular flexibility index (Phi) is 3.91. The van der Waals surface area contributed by atoms with Crippen molar-refractivity contribution in [3.63, 3.8) is 0 Å². The molecule has 0 amide bonds. The second kappa shape index (κ2) is 5.67. The molecule has 4 heteroatoms. The van der Waals surface area contributed by atoms with Gasteiger partial charge in [-0.2, -0.15) is 5.26 Å². The molecule has 1 N–H and O–H groups in total. The van der Waals surface area contributed by atoms with Crippen LogP contribution >= 0.6 is 11.8 Å². The van der Waals surface area contributed by atoms with E-state index in [1.165, 1.54) is 0 Å². The van der Waals surface area contributed by atoms with Gasteiger partial charge in [0, 0.05) is 17.0 Å². The Morgan fingerprint density at radius 2 is 2.05 bits per heavy atom. The first-order valence-electron chi connectivity index (χ1n) is 7.37. The molecule has 0 aliphatic carbocycles. The third-order valence-electron chi connectivity index (χ3n) is 4.40. The number of hydrogen-bond acceptors (Lipinski definition) is 4. The summed E-state index contributed by atoms with van der Waals surface area (Å²) in [6.07, 6.45) is 3.79. The monoisotopic (exact) mass is 288 g/mol. The van der Waals surface area contributed by atoms with Gasteiger partial charge in [-0.05, 0) is 43.6 Å². The fourth-order valence-electron chi connectivity index (χ4n) is 3.66. The first kappa shape index (κ1) is 13.8. The average molecular weight is 288 g/mol. The molecule has 0 saturated carbocycles. The van der Waals surface area contributed by atoms with Crippen LogP contribution in [0.4, 0.5) is 5.69 Å². The summed E-state index contributed by atoms with van der Waals surface area (Å²) in [7, 11) is 0. The number of fused-ring (bicyclic) bond motifs is 2. The van der Waals surface area contributed by atoms with Crippen molar-refractivity contribution in [2.75, 3.05) is 10.7 Å². The fourth-order valence-corrected chi connectivity index (χ4v) is 4.44. The van der Waals surface area contributed by atoms with Crippen molar-refractivity contribution in [3.05, 3.63) is 23.8 Å². The summed E-state index contributed by atoms with van der Waals surface area (Å²) in [5.74, 6) is 0.976. The Bertz CT molecular complexity index is 526. The first-order chi connectivity index (χ1) is 9.74. The van der Waals surface area contributed by atoms with Crippen molar-refractivity contribution >= 4 is 17.4 Å². The maximum absolute atomic E-state index is 9.92. The Morgan fingerprint density at radius 3 is 2.65 bits per heavy atom. The van der Waals surface area contributed by atoms with Gasteiger partial charge in [0.05, 0.1) is 17.4 Å². The van der Waals surface area contributed by atoms with E-state index in [1.807, 2.05) is 6.07 Å². The summed E-state index contributed by atoms with van der Waals surface area (Å²) in [5, 5.41) is 19.5. The summed E-state index contributed by atoms with van der Waals surface area (Å²) in [6.45, 7) is 2.11. The van der Waals surface area contributed by atoms with Gasteiger partial charge in [0.15, 0.2) is 0 Å². The van der Waals surface area contributed by atoms with Crippen LogP contribution in [0.15, 0.2) is 23.1 Å². The van der Waals surface area contributed by atoms with Crippen LogP contribution in [0.3, 0.4) is 0 Å². The van der Waals surface area contributed by atoms with Crippen LogP contribution in [-0.2, 0) is 0 Å². The number of thioether (sulfide) groups is 1. The number of aliphatic hydroxyl groups excluding tert-OH is 1. The number of piperidine rings is 1. The molecule has 0 radical (unpaired) electrons. The number of hydrogen-bond donors (Lipinski definition) is 1. The maximum Gasteiger partial charge on any atom is 0.103 e. The zero-order valence-corrected chi connectivity index (χ0v) is 12.6. The topological polar surface area (TPSA) is 47.3 Å². The standard InChI is InChI=1S/C16H20N2OS/c1-2-20-16-5-3-4-15(14(16)10-17)18-11-6-7-12(18)9-13(19)8-11/h3-5,11-13,19H,2,6-9H2,1H3. The van der Waals surface area contributed by atoms with Crippen LogP contribution in [0.2, 0.25) is 0 Å². The molecule has 1 aromatic rings. The van der Waals surface area contributed by atoms with E-state index < -0.39 is 0 Å². The van der Waals surface area contributed by atoms with Crippen molar-refractivity contribution < 1.29 is 5.11 Å². The first-order valence-corrected chi connectivity index (χ1v) is 8.35. The van der Waals surface area contributed by atoms with E-state index in [2.05, 4.69) is 30.0 Å². The molecule has 2 aliphatic heterocycles. The smallest absolute Gasteiger partial charge is 0.103 e. The average Bonchev–Trinajstić information content (AvgIpc) is 2.71. The van der Waals surface area contributed by atoms with Crippen molar-refractivity contribution in [3.8, 4) is 6.07 Å². The van der Waals surface area contributed by atoms with Gasteiger partial charge in [-0.15, -0.1) is 11.8 Å². The lowest BCUT2D eigenvalue weighted by molar-refractivity contribution is 0.126.